The standard InChI is InChI=1S/2C16H16N6O2.C15H18N6O/c23-16-19-12-8-17-20-14(12)15-18-11-7-10(1-2-13(11)22(15)16)9-21-3-5-24-6-4-21;23-16-19-12-8-17-20-14(12)15-18-11-2-1-10(7-13(11)22(15)16)9-21-3-5-24-6-4-21;16-11-8-17-20-14(11)15-18-12-2-1-10(7-13(12)19-15)9-21-3-5-22-6-4-21/h2*1-2,7-8H,3-6,9H2,(H,17,20)(H,19,23);1-2,7-8H,3-6,9,16H2,(H,17,20)(H,18,19). The Morgan fingerprint density at radius 1 is 0.500 bits per heavy atom. The fourth-order valence-electron chi connectivity index (χ4n) is 9.45. The molecule has 8 aromatic heterocycles. The fourth-order valence-corrected chi connectivity index (χ4v) is 9.45. The molecule has 8 N–H and O–H groups in total. The number of nitrogen functional groups attached to an aromatic ring is 1. The summed E-state index contributed by atoms with van der Waals surface area (Å²) in [5.41, 5.74) is 19.6. The van der Waals surface area contributed by atoms with Crippen LogP contribution in [0.5, 0.6) is 0 Å². The average Bonchev–Trinajstić information content (AvgIpc) is 4.25. The minimum absolute atomic E-state index is 0.204. The van der Waals surface area contributed by atoms with Gasteiger partial charge in [-0.1, -0.05) is 18.2 Å². The lowest BCUT2D eigenvalue weighted by Gasteiger charge is -2.26. The van der Waals surface area contributed by atoms with Crippen molar-refractivity contribution < 1.29 is 14.2 Å². The predicted molar refractivity (Wildman–Crippen MR) is 262 cm³/mol. The molecule has 0 aliphatic carbocycles. The van der Waals surface area contributed by atoms with Crippen LogP contribution in [0.25, 0.3) is 78.0 Å². The van der Waals surface area contributed by atoms with Gasteiger partial charge in [-0.3, -0.25) is 30.0 Å². The third-order valence-corrected chi connectivity index (χ3v) is 13.0. The number of hydrogen-bond acceptors (Lipinski definition) is 15. The monoisotopic (exact) mass is 946 g/mol. The molecule has 0 radical (unpaired) electrons. The summed E-state index contributed by atoms with van der Waals surface area (Å²) in [6, 6.07) is 18.5. The second kappa shape index (κ2) is 18.6. The van der Waals surface area contributed by atoms with E-state index < -0.39 is 0 Å². The number of imidazole rings is 3. The van der Waals surface area contributed by atoms with Gasteiger partial charge in [-0.05, 0) is 53.1 Å². The Morgan fingerprint density at radius 3 is 1.57 bits per heavy atom. The first-order chi connectivity index (χ1) is 34.4. The molecule has 70 heavy (non-hydrogen) atoms. The van der Waals surface area contributed by atoms with Crippen molar-refractivity contribution in [1.82, 2.24) is 84.0 Å². The van der Waals surface area contributed by atoms with Crippen molar-refractivity contribution in [2.24, 2.45) is 0 Å². The molecule has 23 nitrogen and oxygen atoms in total. The van der Waals surface area contributed by atoms with Crippen LogP contribution in [0.2, 0.25) is 0 Å². The number of anilines is 1. The van der Waals surface area contributed by atoms with Crippen LogP contribution in [0.3, 0.4) is 0 Å². The van der Waals surface area contributed by atoms with Crippen molar-refractivity contribution in [3.05, 3.63) is 111 Å². The summed E-state index contributed by atoms with van der Waals surface area (Å²) in [7, 11) is 0. The maximum Gasteiger partial charge on any atom is 0.332 e. The summed E-state index contributed by atoms with van der Waals surface area (Å²) in [6.45, 7) is 13.1. The molecular weight excluding hydrogens is 897 g/mol. The molecule has 3 fully saturated rings. The van der Waals surface area contributed by atoms with E-state index in [2.05, 4.69) is 106 Å². The highest BCUT2D eigenvalue weighted by molar-refractivity contribution is 5.94. The lowest BCUT2D eigenvalue weighted by atomic mass is 10.2. The molecule has 23 heteroatoms. The second-order valence-electron chi connectivity index (χ2n) is 17.7. The van der Waals surface area contributed by atoms with Gasteiger partial charge in [-0.25, -0.2) is 33.3 Å². The van der Waals surface area contributed by atoms with Gasteiger partial charge in [0.25, 0.3) is 0 Å². The van der Waals surface area contributed by atoms with Crippen molar-refractivity contribution in [2.45, 2.75) is 19.6 Å². The first-order valence-corrected chi connectivity index (χ1v) is 23.3. The number of rotatable bonds is 7. The molecule has 11 aromatic rings. The van der Waals surface area contributed by atoms with Gasteiger partial charge in [0.05, 0.1) is 108 Å². The van der Waals surface area contributed by atoms with Gasteiger partial charge < -0.3 is 34.9 Å². The van der Waals surface area contributed by atoms with E-state index in [9.17, 15) is 9.59 Å². The highest BCUT2D eigenvalue weighted by Gasteiger charge is 2.18. The number of nitrogens with two attached hydrogens (primary N) is 1. The van der Waals surface area contributed by atoms with E-state index in [0.717, 1.165) is 154 Å². The SMILES string of the molecule is Nc1cn[nH]c1-c1nc2ccc(CN3CCOCC3)cc2[nH]1.O=c1[nH]c2cn[nH]c2c2nc3cc(CN4CCOCC4)ccc3n12.O=c1[nH]c2cn[nH]c2c2nc3ccc(CN4CCOCC4)cc3n12. The van der Waals surface area contributed by atoms with Gasteiger partial charge in [-0.15, -0.1) is 0 Å². The quantitative estimate of drug-likeness (QED) is 0.121. The van der Waals surface area contributed by atoms with Crippen LogP contribution in [-0.2, 0) is 33.8 Å². The lowest BCUT2D eigenvalue weighted by molar-refractivity contribution is 0.0341. The molecule has 0 saturated carbocycles. The van der Waals surface area contributed by atoms with Crippen molar-refractivity contribution in [2.75, 3.05) is 84.6 Å². The molecule has 3 aliphatic rings. The molecule has 3 saturated heterocycles. The van der Waals surface area contributed by atoms with E-state index in [1.807, 2.05) is 24.3 Å². The van der Waals surface area contributed by atoms with Crippen LogP contribution < -0.4 is 17.1 Å². The van der Waals surface area contributed by atoms with Crippen LogP contribution in [-0.4, -0.2) is 163 Å². The van der Waals surface area contributed by atoms with Crippen LogP contribution in [0, 0.1) is 0 Å². The van der Waals surface area contributed by atoms with Gasteiger partial charge in [0.2, 0.25) is 0 Å². The zero-order valence-electron chi connectivity index (χ0n) is 38.1. The van der Waals surface area contributed by atoms with E-state index >= 15 is 0 Å². The van der Waals surface area contributed by atoms with Crippen molar-refractivity contribution in [3.63, 3.8) is 0 Å². The first kappa shape index (κ1) is 43.5. The zero-order valence-corrected chi connectivity index (χ0v) is 38.1. The smallest absolute Gasteiger partial charge is 0.332 e. The maximum absolute atomic E-state index is 12.5. The summed E-state index contributed by atoms with van der Waals surface area (Å²) in [6.07, 6.45) is 4.78. The predicted octanol–water partition coefficient (Wildman–Crippen LogP) is 3.14. The number of morpholine rings is 3. The van der Waals surface area contributed by atoms with Gasteiger partial charge in [0, 0.05) is 58.9 Å². The van der Waals surface area contributed by atoms with Crippen LogP contribution in [0.15, 0.2) is 82.8 Å². The molecular formula is C47H50N18O5. The van der Waals surface area contributed by atoms with E-state index in [0.29, 0.717) is 33.8 Å². The van der Waals surface area contributed by atoms with Crippen LogP contribution in [0.1, 0.15) is 16.7 Å². The number of ether oxygens (including phenoxy) is 3. The molecule has 0 bridgehead atoms. The van der Waals surface area contributed by atoms with E-state index in [-0.39, 0.29) is 11.4 Å². The molecule has 0 amide bonds. The molecule has 0 unspecified atom stereocenters. The molecule has 0 spiro atoms. The third-order valence-electron chi connectivity index (χ3n) is 13.0. The van der Waals surface area contributed by atoms with Gasteiger partial charge in [0.15, 0.2) is 17.1 Å². The lowest BCUT2D eigenvalue weighted by Crippen LogP contribution is -2.35. The number of nitrogens with zero attached hydrogens (tertiary/aromatic N) is 11. The molecule has 14 rings (SSSR count). The third kappa shape index (κ3) is 8.54. The second-order valence-corrected chi connectivity index (χ2v) is 17.7. The Labute approximate surface area is 395 Å². The molecule has 11 heterocycles. The van der Waals surface area contributed by atoms with Gasteiger partial charge >= 0.3 is 11.4 Å². The van der Waals surface area contributed by atoms with E-state index in [4.69, 9.17) is 19.9 Å². The summed E-state index contributed by atoms with van der Waals surface area (Å²) in [4.78, 5) is 54.7. The maximum atomic E-state index is 12.5. The van der Waals surface area contributed by atoms with E-state index in [1.165, 1.54) is 11.1 Å². The number of H-pyrrole nitrogens is 6. The Hall–Kier alpha value is -7.80. The van der Waals surface area contributed by atoms with Gasteiger partial charge in [-0.2, -0.15) is 15.3 Å². The number of aromatic nitrogens is 14. The first-order valence-electron chi connectivity index (χ1n) is 23.3. The Bertz CT molecular complexity index is 3730. The summed E-state index contributed by atoms with van der Waals surface area (Å²) in [5.74, 6) is 0.716. The number of nitrogens with one attached hydrogen (secondary N) is 6. The normalized spacial score (nSPS) is 16.5. The van der Waals surface area contributed by atoms with Crippen molar-refractivity contribution in [3.8, 4) is 11.5 Å². The highest BCUT2D eigenvalue weighted by atomic mass is 16.5. The summed E-state index contributed by atoms with van der Waals surface area (Å²) < 4.78 is 19.4. The number of hydrogen-bond donors (Lipinski definition) is 7. The van der Waals surface area contributed by atoms with Crippen molar-refractivity contribution >= 4 is 72.1 Å². The topological polar surface area (TPSA) is 278 Å². The fraction of sp³-hybridized carbons (Fsp3) is 0.319. The number of benzene rings is 3. The molecule has 358 valence electrons. The summed E-state index contributed by atoms with van der Waals surface area (Å²) in [5, 5.41) is 20.6. The minimum Gasteiger partial charge on any atom is -0.396 e. The summed E-state index contributed by atoms with van der Waals surface area (Å²) >= 11 is 0. The Kier molecular flexibility index (Phi) is 11.6. The molecule has 0 atom stereocenters. The van der Waals surface area contributed by atoms with E-state index in [1.54, 1.807) is 27.4 Å². The Balaban J connectivity index is 0.000000108. The van der Waals surface area contributed by atoms with Gasteiger partial charge in [0.1, 0.15) is 16.7 Å². The minimum atomic E-state index is -0.206. The Morgan fingerprint density at radius 2 is 1.00 bits per heavy atom. The van der Waals surface area contributed by atoms with Crippen molar-refractivity contribution in [1.29, 1.82) is 0 Å². The number of fused-ring (bicyclic) bond motifs is 11. The highest BCUT2D eigenvalue weighted by Crippen LogP contribution is 2.26. The van der Waals surface area contributed by atoms with Crippen LogP contribution >= 0.6 is 0 Å². The van der Waals surface area contributed by atoms with Crippen LogP contribution in [0.4, 0.5) is 5.69 Å². The molecule has 3 aromatic carbocycles. The molecule has 3 aliphatic heterocycles. The largest absolute Gasteiger partial charge is 0.396 e. The zero-order chi connectivity index (χ0) is 47.1. The number of aromatic amines is 6. The average molecular weight is 947 g/mol.